The van der Waals surface area contributed by atoms with Crippen LogP contribution < -0.4 is 10.9 Å². The van der Waals surface area contributed by atoms with Crippen molar-refractivity contribution >= 4 is 22.9 Å². The highest BCUT2D eigenvalue weighted by molar-refractivity contribution is 6.33. The molecule has 1 aliphatic heterocycles. The summed E-state index contributed by atoms with van der Waals surface area (Å²) >= 11 is 6.38. The van der Waals surface area contributed by atoms with Crippen LogP contribution in [-0.2, 0) is 0 Å². The third-order valence-electron chi connectivity index (χ3n) is 5.25. The Labute approximate surface area is 166 Å². The molecular formula is C20H19ClN6O. The van der Waals surface area contributed by atoms with E-state index in [0.717, 1.165) is 42.9 Å². The van der Waals surface area contributed by atoms with E-state index in [2.05, 4.69) is 20.3 Å². The summed E-state index contributed by atoms with van der Waals surface area (Å²) in [6.45, 7) is 3.87. The maximum absolute atomic E-state index is 12.8. The zero-order valence-corrected chi connectivity index (χ0v) is 16.1. The molecule has 5 heterocycles. The Morgan fingerprint density at radius 1 is 1.14 bits per heavy atom. The average molecular weight is 395 g/mol. The molecule has 0 unspecified atom stereocenters. The van der Waals surface area contributed by atoms with Gasteiger partial charge in [-0.3, -0.25) is 14.2 Å². The van der Waals surface area contributed by atoms with Gasteiger partial charge in [0.1, 0.15) is 0 Å². The summed E-state index contributed by atoms with van der Waals surface area (Å²) in [6, 6.07) is 3.33. The maximum Gasteiger partial charge on any atom is 0.258 e. The lowest BCUT2D eigenvalue weighted by Gasteiger charge is -2.22. The zero-order valence-electron chi connectivity index (χ0n) is 15.4. The van der Waals surface area contributed by atoms with Crippen LogP contribution in [-0.4, -0.2) is 36.8 Å². The Morgan fingerprint density at radius 2 is 1.96 bits per heavy atom. The van der Waals surface area contributed by atoms with Gasteiger partial charge in [0.05, 0.1) is 28.3 Å². The molecule has 7 nitrogen and oxygen atoms in total. The fourth-order valence-electron chi connectivity index (χ4n) is 3.82. The Kier molecular flexibility index (Phi) is 4.14. The van der Waals surface area contributed by atoms with Gasteiger partial charge in [0.25, 0.3) is 5.56 Å². The first kappa shape index (κ1) is 17.3. The molecule has 0 bridgehead atoms. The van der Waals surface area contributed by atoms with Gasteiger partial charge in [-0.15, -0.1) is 0 Å². The summed E-state index contributed by atoms with van der Waals surface area (Å²) in [5, 5.41) is 3.87. The lowest BCUT2D eigenvalue weighted by atomic mass is 9.95. The van der Waals surface area contributed by atoms with Crippen LogP contribution >= 0.6 is 11.6 Å². The van der Waals surface area contributed by atoms with E-state index >= 15 is 0 Å². The van der Waals surface area contributed by atoms with E-state index in [1.54, 1.807) is 22.7 Å². The molecule has 5 rings (SSSR count). The number of pyridine rings is 1. The number of nitrogens with zero attached hydrogens (tertiary/aromatic N) is 5. The number of hydrogen-bond donors (Lipinski definition) is 1. The number of hydrogen-bond acceptors (Lipinski definition) is 5. The highest BCUT2D eigenvalue weighted by atomic mass is 35.5. The van der Waals surface area contributed by atoms with Crippen molar-refractivity contribution in [1.82, 2.24) is 29.1 Å². The second kappa shape index (κ2) is 6.68. The summed E-state index contributed by atoms with van der Waals surface area (Å²) in [5.74, 6) is 0.378. The van der Waals surface area contributed by atoms with E-state index < -0.39 is 0 Å². The molecule has 1 saturated heterocycles. The van der Waals surface area contributed by atoms with E-state index in [9.17, 15) is 4.79 Å². The minimum absolute atomic E-state index is 0.129. The number of fused-ring (bicyclic) bond motifs is 2. The highest BCUT2D eigenvalue weighted by Crippen LogP contribution is 2.26. The average Bonchev–Trinajstić information content (AvgIpc) is 3.09. The van der Waals surface area contributed by atoms with E-state index in [-0.39, 0.29) is 5.56 Å². The topological polar surface area (TPSA) is 76.6 Å². The molecule has 0 amide bonds. The molecule has 0 atom stereocenters. The van der Waals surface area contributed by atoms with Gasteiger partial charge < -0.3 is 9.72 Å². The van der Waals surface area contributed by atoms with E-state index in [4.69, 9.17) is 11.6 Å². The number of aromatic nitrogens is 5. The van der Waals surface area contributed by atoms with Crippen LogP contribution in [0.3, 0.4) is 0 Å². The monoisotopic (exact) mass is 394 g/mol. The lowest BCUT2D eigenvalue weighted by molar-refractivity contribution is 0.452. The molecule has 0 aliphatic carbocycles. The van der Waals surface area contributed by atoms with Crippen LogP contribution in [0.4, 0.5) is 0 Å². The summed E-state index contributed by atoms with van der Waals surface area (Å²) in [5.41, 5.74) is 4.24. The normalized spacial score (nSPS) is 15.5. The van der Waals surface area contributed by atoms with Gasteiger partial charge >= 0.3 is 0 Å². The van der Waals surface area contributed by atoms with Crippen LogP contribution in [0.1, 0.15) is 30.1 Å². The second-order valence-electron chi connectivity index (χ2n) is 7.23. The van der Waals surface area contributed by atoms with Gasteiger partial charge in [-0.2, -0.15) is 0 Å². The largest absolute Gasteiger partial charge is 0.317 e. The van der Waals surface area contributed by atoms with E-state index in [1.165, 1.54) is 0 Å². The van der Waals surface area contributed by atoms with Crippen LogP contribution in [0.5, 0.6) is 0 Å². The van der Waals surface area contributed by atoms with Crippen molar-refractivity contribution in [2.45, 2.75) is 25.7 Å². The smallest absolute Gasteiger partial charge is 0.258 e. The van der Waals surface area contributed by atoms with Crippen molar-refractivity contribution < 1.29 is 0 Å². The lowest BCUT2D eigenvalue weighted by Crippen LogP contribution is -2.27. The molecule has 28 heavy (non-hydrogen) atoms. The summed E-state index contributed by atoms with van der Waals surface area (Å²) in [7, 11) is 0. The van der Waals surface area contributed by atoms with E-state index in [1.807, 2.05) is 29.9 Å². The quantitative estimate of drug-likeness (QED) is 0.565. The number of rotatable bonds is 2. The van der Waals surface area contributed by atoms with Crippen molar-refractivity contribution in [2.75, 3.05) is 13.1 Å². The third kappa shape index (κ3) is 2.96. The fourth-order valence-corrected chi connectivity index (χ4v) is 4.08. The predicted molar refractivity (Wildman–Crippen MR) is 108 cm³/mol. The fraction of sp³-hybridized carbons (Fsp3) is 0.300. The van der Waals surface area contributed by atoms with Crippen molar-refractivity contribution in [3.8, 4) is 11.3 Å². The van der Waals surface area contributed by atoms with Crippen LogP contribution in [0.25, 0.3) is 22.6 Å². The Morgan fingerprint density at radius 3 is 2.79 bits per heavy atom. The highest BCUT2D eigenvalue weighted by Gasteiger charge is 2.18. The van der Waals surface area contributed by atoms with Crippen LogP contribution in [0.15, 0.2) is 41.7 Å². The van der Waals surface area contributed by atoms with Gasteiger partial charge in [0, 0.05) is 36.1 Å². The van der Waals surface area contributed by atoms with Crippen molar-refractivity contribution in [2.24, 2.45) is 0 Å². The van der Waals surface area contributed by atoms with Crippen molar-refractivity contribution in [1.29, 1.82) is 0 Å². The SMILES string of the molecule is Cc1cn2cc(-c3cc(=O)n4cc(C5CCNCC5)ncc4n3)cc(Cl)c2n1. The zero-order chi connectivity index (χ0) is 19.3. The van der Waals surface area contributed by atoms with Gasteiger partial charge in [-0.1, -0.05) is 11.6 Å². The first-order chi connectivity index (χ1) is 13.6. The Bertz CT molecular complexity index is 1260. The van der Waals surface area contributed by atoms with E-state index in [0.29, 0.717) is 27.9 Å². The molecule has 1 N–H and O–H groups in total. The first-order valence-corrected chi connectivity index (χ1v) is 9.71. The predicted octanol–water partition coefficient (Wildman–Crippen LogP) is 2.83. The first-order valence-electron chi connectivity index (χ1n) is 9.34. The molecule has 0 aromatic carbocycles. The number of halogens is 1. The number of nitrogens with one attached hydrogen (secondary N) is 1. The molecule has 1 fully saturated rings. The van der Waals surface area contributed by atoms with Crippen LogP contribution in [0.2, 0.25) is 5.02 Å². The van der Waals surface area contributed by atoms with Crippen LogP contribution in [0, 0.1) is 6.92 Å². The van der Waals surface area contributed by atoms with Crippen molar-refractivity contribution in [3.05, 3.63) is 63.7 Å². The Hall–Kier alpha value is -2.77. The van der Waals surface area contributed by atoms with Gasteiger partial charge in [0.15, 0.2) is 11.3 Å². The summed E-state index contributed by atoms with van der Waals surface area (Å²) in [4.78, 5) is 26.4. The number of imidazole rings is 1. The third-order valence-corrected chi connectivity index (χ3v) is 5.53. The number of piperidine rings is 1. The molecular weight excluding hydrogens is 376 g/mol. The summed E-state index contributed by atoms with van der Waals surface area (Å²) < 4.78 is 3.43. The molecule has 4 aromatic rings. The molecule has 0 spiro atoms. The molecule has 8 heteroatoms. The molecule has 142 valence electrons. The number of aryl methyl sites for hydroxylation is 1. The minimum Gasteiger partial charge on any atom is -0.317 e. The second-order valence-corrected chi connectivity index (χ2v) is 7.64. The molecule has 4 aromatic heterocycles. The molecule has 1 aliphatic rings. The van der Waals surface area contributed by atoms with Gasteiger partial charge in [0.2, 0.25) is 0 Å². The Balaban J connectivity index is 1.60. The molecule has 0 radical (unpaired) electrons. The van der Waals surface area contributed by atoms with Crippen molar-refractivity contribution in [3.63, 3.8) is 0 Å². The maximum atomic E-state index is 12.8. The summed E-state index contributed by atoms with van der Waals surface area (Å²) in [6.07, 6.45) is 9.36. The van der Waals surface area contributed by atoms with Gasteiger partial charge in [-0.05, 0) is 38.9 Å². The minimum atomic E-state index is -0.129. The molecule has 0 saturated carbocycles. The standard InChI is InChI=1S/C20H19ClN6O/c1-12-9-26-10-14(6-15(21)20(26)24-12)16-7-19(28)27-11-17(23-8-18(27)25-16)13-2-4-22-5-3-13/h6-11,13,22H,2-5H2,1H3. The van der Waals surface area contributed by atoms with Gasteiger partial charge in [-0.25, -0.2) is 9.97 Å².